The number of para-hydroxylation sites is 1. The summed E-state index contributed by atoms with van der Waals surface area (Å²) >= 11 is 0. The number of nitrogens with zero attached hydrogens (tertiary/aromatic N) is 2. The van der Waals surface area contributed by atoms with E-state index < -0.39 is 0 Å². The molecule has 0 aliphatic rings. The Morgan fingerprint density at radius 3 is 2.44 bits per heavy atom. The van der Waals surface area contributed by atoms with E-state index in [1.807, 2.05) is 30.3 Å². The van der Waals surface area contributed by atoms with Crippen LogP contribution in [0.1, 0.15) is 0 Å². The van der Waals surface area contributed by atoms with Crippen molar-refractivity contribution in [3.05, 3.63) is 30.3 Å². The van der Waals surface area contributed by atoms with E-state index in [0.29, 0.717) is 0 Å². The molecule has 0 aromatic heterocycles. The highest BCUT2D eigenvalue weighted by molar-refractivity contribution is 5.91. The van der Waals surface area contributed by atoms with Gasteiger partial charge in [-0.15, -0.1) is 0 Å². The van der Waals surface area contributed by atoms with Crippen LogP contribution in [0.15, 0.2) is 30.3 Å². The van der Waals surface area contributed by atoms with Crippen molar-refractivity contribution < 1.29 is 9.59 Å². The molecule has 0 atom stereocenters. The molecule has 1 rings (SSSR count). The standard InChI is InChI=1S/C11H14N3O2/c1-13(2)14(11(16)12-8-9-15)10-6-4-3-5-7-10/h3-7H,8H2,1-2H3,(H,12,16). The number of rotatable bonds is 4. The lowest BCUT2D eigenvalue weighted by Gasteiger charge is -2.28. The number of hydrogen-bond donors (Lipinski definition) is 1. The lowest BCUT2D eigenvalue weighted by molar-refractivity contribution is 0.232. The van der Waals surface area contributed by atoms with Crippen LogP contribution in [0.5, 0.6) is 0 Å². The summed E-state index contributed by atoms with van der Waals surface area (Å²) in [7, 11) is 3.49. The van der Waals surface area contributed by atoms with Crippen LogP contribution >= 0.6 is 0 Å². The number of nitrogens with one attached hydrogen (secondary N) is 1. The van der Waals surface area contributed by atoms with Gasteiger partial charge in [0, 0.05) is 14.1 Å². The number of hydrazine groups is 1. The predicted molar refractivity (Wildman–Crippen MR) is 61.7 cm³/mol. The largest absolute Gasteiger partial charge is 0.337 e. The highest BCUT2D eigenvalue weighted by Crippen LogP contribution is 2.13. The molecule has 0 fully saturated rings. The zero-order valence-electron chi connectivity index (χ0n) is 9.30. The summed E-state index contributed by atoms with van der Waals surface area (Å²) in [5.41, 5.74) is 0.732. The molecule has 0 heterocycles. The van der Waals surface area contributed by atoms with Crippen LogP contribution in [0, 0.1) is 0 Å². The van der Waals surface area contributed by atoms with Gasteiger partial charge in [0.1, 0.15) is 0 Å². The first-order valence-electron chi connectivity index (χ1n) is 4.82. The summed E-state index contributed by atoms with van der Waals surface area (Å²) < 4.78 is 0. The van der Waals surface area contributed by atoms with Crippen molar-refractivity contribution in [2.45, 2.75) is 0 Å². The zero-order chi connectivity index (χ0) is 12.0. The fourth-order valence-electron chi connectivity index (χ4n) is 1.29. The molecule has 1 radical (unpaired) electrons. The maximum absolute atomic E-state index is 11.7. The molecule has 2 amide bonds. The smallest absolute Gasteiger partial charge is 0.329 e. The molecule has 0 saturated carbocycles. The van der Waals surface area contributed by atoms with Gasteiger partial charge in [-0.3, -0.25) is 4.79 Å². The second kappa shape index (κ2) is 5.87. The third-order valence-corrected chi connectivity index (χ3v) is 1.90. The Morgan fingerprint density at radius 2 is 1.94 bits per heavy atom. The third kappa shape index (κ3) is 3.06. The van der Waals surface area contributed by atoms with Crippen LogP contribution in [0.4, 0.5) is 10.5 Å². The second-order valence-corrected chi connectivity index (χ2v) is 3.30. The minimum absolute atomic E-state index is 0.115. The highest BCUT2D eigenvalue weighted by atomic mass is 16.2. The molecular weight excluding hydrogens is 206 g/mol. The normalized spacial score (nSPS) is 9.94. The molecule has 0 aliphatic carbocycles. The van der Waals surface area contributed by atoms with Gasteiger partial charge in [-0.05, 0) is 12.1 Å². The average molecular weight is 220 g/mol. The number of carbonyl (C=O) groups is 1. The number of urea groups is 1. The van der Waals surface area contributed by atoms with Gasteiger partial charge in [-0.1, -0.05) is 18.2 Å². The lowest BCUT2D eigenvalue weighted by atomic mass is 10.3. The summed E-state index contributed by atoms with van der Waals surface area (Å²) in [6.07, 6.45) is 1.62. The summed E-state index contributed by atoms with van der Waals surface area (Å²) in [5, 5.41) is 5.50. The molecule has 0 unspecified atom stereocenters. The van der Waals surface area contributed by atoms with E-state index >= 15 is 0 Å². The Balaban J connectivity index is 2.83. The molecule has 1 N–H and O–H groups in total. The fourth-order valence-corrected chi connectivity index (χ4v) is 1.29. The van der Waals surface area contributed by atoms with E-state index in [9.17, 15) is 9.59 Å². The number of benzene rings is 1. The molecule has 16 heavy (non-hydrogen) atoms. The SMILES string of the molecule is CN(C)N(C(=O)NC[C]=O)c1ccccc1. The van der Waals surface area contributed by atoms with Crippen LogP contribution in [-0.2, 0) is 4.79 Å². The predicted octanol–water partition coefficient (Wildman–Crippen LogP) is 0.789. The van der Waals surface area contributed by atoms with Crippen molar-refractivity contribution in [3.8, 4) is 0 Å². The van der Waals surface area contributed by atoms with E-state index in [2.05, 4.69) is 5.32 Å². The Kier molecular flexibility index (Phi) is 4.47. The molecular formula is C11H14N3O2. The van der Waals surface area contributed by atoms with E-state index in [1.165, 1.54) is 5.01 Å². The molecule has 0 spiro atoms. The van der Waals surface area contributed by atoms with Crippen LogP contribution in [0.25, 0.3) is 0 Å². The molecule has 1 aromatic rings. The van der Waals surface area contributed by atoms with Crippen molar-refractivity contribution in [1.29, 1.82) is 0 Å². The first-order valence-corrected chi connectivity index (χ1v) is 4.82. The van der Waals surface area contributed by atoms with E-state index in [4.69, 9.17) is 0 Å². The number of carbonyl (C=O) groups excluding carboxylic acids is 2. The third-order valence-electron chi connectivity index (χ3n) is 1.90. The Hall–Kier alpha value is -1.88. The van der Waals surface area contributed by atoms with Gasteiger partial charge in [0.05, 0.1) is 12.2 Å². The van der Waals surface area contributed by atoms with Gasteiger partial charge in [-0.25, -0.2) is 14.8 Å². The maximum atomic E-state index is 11.7. The van der Waals surface area contributed by atoms with Crippen molar-refractivity contribution in [2.75, 3.05) is 25.6 Å². The van der Waals surface area contributed by atoms with Crippen molar-refractivity contribution in [1.82, 2.24) is 10.3 Å². The Labute approximate surface area is 94.6 Å². The number of anilines is 1. The molecule has 1 aromatic carbocycles. The first kappa shape index (κ1) is 12.2. The van der Waals surface area contributed by atoms with Gasteiger partial charge in [0.25, 0.3) is 0 Å². The first-order chi connectivity index (χ1) is 7.66. The van der Waals surface area contributed by atoms with Crippen molar-refractivity contribution in [2.24, 2.45) is 0 Å². The average Bonchev–Trinajstić information content (AvgIpc) is 2.27. The molecule has 0 bridgehead atoms. The van der Waals surface area contributed by atoms with Gasteiger partial charge in [0.15, 0.2) is 0 Å². The Morgan fingerprint density at radius 1 is 1.31 bits per heavy atom. The second-order valence-electron chi connectivity index (χ2n) is 3.30. The maximum Gasteiger partial charge on any atom is 0.337 e. The van der Waals surface area contributed by atoms with E-state index in [0.717, 1.165) is 5.69 Å². The topological polar surface area (TPSA) is 52.6 Å². The highest BCUT2D eigenvalue weighted by Gasteiger charge is 2.16. The summed E-state index contributed by atoms with van der Waals surface area (Å²) in [6, 6.07) is 8.80. The Bertz CT molecular complexity index is 352. The molecule has 0 saturated heterocycles. The van der Waals surface area contributed by atoms with E-state index in [1.54, 1.807) is 25.4 Å². The van der Waals surface area contributed by atoms with E-state index in [-0.39, 0.29) is 12.6 Å². The van der Waals surface area contributed by atoms with Gasteiger partial charge in [-0.2, -0.15) is 0 Å². The van der Waals surface area contributed by atoms with Gasteiger partial charge >= 0.3 is 6.03 Å². The minimum Gasteiger partial charge on any atom is -0.329 e. The van der Waals surface area contributed by atoms with Crippen LogP contribution < -0.4 is 10.3 Å². The molecule has 85 valence electrons. The molecule has 0 aliphatic heterocycles. The molecule has 5 heteroatoms. The van der Waals surface area contributed by atoms with Crippen molar-refractivity contribution >= 4 is 18.0 Å². The summed E-state index contributed by atoms with van der Waals surface area (Å²) in [6.45, 7) is -0.115. The quantitative estimate of drug-likeness (QED) is 0.763. The minimum atomic E-state index is -0.362. The van der Waals surface area contributed by atoms with Crippen LogP contribution in [0.2, 0.25) is 0 Å². The van der Waals surface area contributed by atoms with Gasteiger partial charge in [0.2, 0.25) is 6.29 Å². The summed E-state index contributed by atoms with van der Waals surface area (Å²) in [5.74, 6) is 0. The monoisotopic (exact) mass is 220 g/mol. The molecule has 5 nitrogen and oxygen atoms in total. The van der Waals surface area contributed by atoms with Crippen molar-refractivity contribution in [3.63, 3.8) is 0 Å². The lowest BCUT2D eigenvalue weighted by Crippen LogP contribution is -2.48. The summed E-state index contributed by atoms with van der Waals surface area (Å²) in [4.78, 5) is 21.8. The number of amides is 2. The van der Waals surface area contributed by atoms with Crippen LogP contribution in [0.3, 0.4) is 0 Å². The number of hydrogen-bond acceptors (Lipinski definition) is 3. The fraction of sp³-hybridized carbons (Fsp3) is 0.273. The van der Waals surface area contributed by atoms with Gasteiger partial charge < -0.3 is 5.32 Å². The zero-order valence-corrected chi connectivity index (χ0v) is 9.30. The van der Waals surface area contributed by atoms with Crippen LogP contribution in [-0.4, -0.2) is 38.0 Å².